The van der Waals surface area contributed by atoms with Crippen molar-refractivity contribution in [2.24, 2.45) is 0 Å². The van der Waals surface area contributed by atoms with E-state index in [1.54, 1.807) is 0 Å². The molecule has 1 N–H and O–H groups in total. The van der Waals surface area contributed by atoms with E-state index in [4.69, 9.17) is 0 Å². The van der Waals surface area contributed by atoms with Crippen LogP contribution in [-0.2, 0) is 4.79 Å². The number of nitrogens with zero attached hydrogens (tertiary/aromatic N) is 1. The lowest BCUT2D eigenvalue weighted by Crippen LogP contribution is -2.35. The summed E-state index contributed by atoms with van der Waals surface area (Å²) in [6, 6.07) is 5.93. The molecule has 2 rings (SSSR count). The van der Waals surface area contributed by atoms with E-state index in [9.17, 15) is 4.79 Å². The van der Waals surface area contributed by atoms with Gasteiger partial charge in [-0.3, -0.25) is 4.79 Å². The van der Waals surface area contributed by atoms with Gasteiger partial charge in [0.05, 0.1) is 17.9 Å². The van der Waals surface area contributed by atoms with Crippen LogP contribution < -0.4 is 10.2 Å². The lowest BCUT2D eigenvalue weighted by molar-refractivity contribution is -0.115. The maximum absolute atomic E-state index is 11.2. The minimum atomic E-state index is 0.0561. The fraction of sp³-hybridized carbons (Fsp3) is 0.300. The Hall–Kier alpha value is -1.51. The summed E-state index contributed by atoms with van der Waals surface area (Å²) in [5.74, 6) is 0.0561. The number of aryl methyl sites for hydroxylation is 1. The van der Waals surface area contributed by atoms with E-state index in [1.807, 2.05) is 37.1 Å². The number of hydrogen-bond donors (Lipinski definition) is 1. The second kappa shape index (κ2) is 2.76. The highest BCUT2D eigenvalue weighted by Crippen LogP contribution is 2.31. The van der Waals surface area contributed by atoms with E-state index in [0.29, 0.717) is 6.54 Å². The molecule has 0 fully saturated rings. The Morgan fingerprint density at radius 3 is 3.00 bits per heavy atom. The summed E-state index contributed by atoms with van der Waals surface area (Å²) in [5, 5.41) is 2.85. The fourth-order valence-electron chi connectivity index (χ4n) is 1.75. The van der Waals surface area contributed by atoms with Crippen molar-refractivity contribution in [1.82, 2.24) is 0 Å². The van der Waals surface area contributed by atoms with E-state index in [0.717, 1.165) is 11.4 Å². The van der Waals surface area contributed by atoms with Gasteiger partial charge in [0.25, 0.3) is 0 Å². The zero-order valence-corrected chi connectivity index (χ0v) is 7.79. The molecule has 1 aromatic rings. The second-order valence-corrected chi connectivity index (χ2v) is 3.38. The van der Waals surface area contributed by atoms with Crippen LogP contribution in [0.5, 0.6) is 0 Å². The topological polar surface area (TPSA) is 32.3 Å². The van der Waals surface area contributed by atoms with Gasteiger partial charge < -0.3 is 10.2 Å². The molecule has 0 aliphatic carbocycles. The Kier molecular flexibility index (Phi) is 1.72. The average Bonchev–Trinajstić information content (AvgIpc) is 2.02. The van der Waals surface area contributed by atoms with Crippen LogP contribution in [0.3, 0.4) is 0 Å². The van der Waals surface area contributed by atoms with Gasteiger partial charge in [-0.1, -0.05) is 12.1 Å². The Morgan fingerprint density at radius 2 is 2.23 bits per heavy atom. The monoisotopic (exact) mass is 176 g/mol. The van der Waals surface area contributed by atoms with Gasteiger partial charge in [-0.15, -0.1) is 0 Å². The zero-order chi connectivity index (χ0) is 9.42. The van der Waals surface area contributed by atoms with Gasteiger partial charge in [-0.2, -0.15) is 0 Å². The molecule has 1 aromatic carbocycles. The van der Waals surface area contributed by atoms with Crippen LogP contribution in [0.25, 0.3) is 0 Å². The molecule has 13 heavy (non-hydrogen) atoms. The van der Waals surface area contributed by atoms with Gasteiger partial charge in [-0.05, 0) is 18.6 Å². The molecule has 3 heteroatoms. The molecule has 1 aliphatic rings. The summed E-state index contributed by atoms with van der Waals surface area (Å²) in [4.78, 5) is 13.2. The van der Waals surface area contributed by atoms with E-state index in [1.165, 1.54) is 5.56 Å². The molecule has 0 saturated heterocycles. The van der Waals surface area contributed by atoms with Gasteiger partial charge in [0.1, 0.15) is 0 Å². The molecule has 0 bridgehead atoms. The van der Waals surface area contributed by atoms with Crippen LogP contribution in [0, 0.1) is 6.92 Å². The van der Waals surface area contributed by atoms with Crippen molar-refractivity contribution in [2.75, 3.05) is 23.8 Å². The number of rotatable bonds is 0. The van der Waals surface area contributed by atoms with Gasteiger partial charge in [0, 0.05) is 7.05 Å². The first-order valence-electron chi connectivity index (χ1n) is 4.29. The summed E-state index contributed by atoms with van der Waals surface area (Å²) >= 11 is 0. The van der Waals surface area contributed by atoms with Crippen LogP contribution in [0.4, 0.5) is 11.4 Å². The zero-order valence-electron chi connectivity index (χ0n) is 7.79. The molecule has 3 nitrogen and oxygen atoms in total. The third-order valence-electron chi connectivity index (χ3n) is 2.27. The van der Waals surface area contributed by atoms with Crippen LogP contribution in [0.15, 0.2) is 18.2 Å². The summed E-state index contributed by atoms with van der Waals surface area (Å²) in [6.07, 6.45) is 0. The highest BCUT2D eigenvalue weighted by atomic mass is 16.2. The molecule has 1 amide bonds. The molecule has 0 unspecified atom stereocenters. The number of carbonyl (C=O) groups is 1. The Morgan fingerprint density at radius 1 is 1.46 bits per heavy atom. The fourth-order valence-corrected chi connectivity index (χ4v) is 1.75. The lowest BCUT2D eigenvalue weighted by atomic mass is 10.1. The summed E-state index contributed by atoms with van der Waals surface area (Å²) in [5.41, 5.74) is 3.24. The first kappa shape index (κ1) is 8.10. The number of para-hydroxylation sites is 1. The van der Waals surface area contributed by atoms with Crippen molar-refractivity contribution < 1.29 is 4.79 Å². The van der Waals surface area contributed by atoms with Gasteiger partial charge >= 0.3 is 0 Å². The largest absolute Gasteiger partial charge is 0.363 e. The normalized spacial score (nSPS) is 15.2. The first-order valence-corrected chi connectivity index (χ1v) is 4.29. The summed E-state index contributed by atoms with van der Waals surface area (Å²) in [6.45, 7) is 2.49. The van der Waals surface area contributed by atoms with Crippen molar-refractivity contribution in [3.8, 4) is 0 Å². The minimum Gasteiger partial charge on any atom is -0.363 e. The number of amides is 1. The molecule has 0 saturated carbocycles. The highest BCUT2D eigenvalue weighted by molar-refractivity contribution is 6.01. The number of likely N-dealkylation sites (N-methyl/N-ethyl adjacent to an activating group) is 1. The molecule has 68 valence electrons. The molecular formula is C10H12N2O. The third kappa shape index (κ3) is 1.26. The van der Waals surface area contributed by atoms with Crippen molar-refractivity contribution >= 4 is 17.3 Å². The molecule has 0 aromatic heterocycles. The van der Waals surface area contributed by atoms with Crippen LogP contribution in [0.1, 0.15) is 5.56 Å². The average molecular weight is 176 g/mol. The standard InChI is InChI=1S/C10H12N2O/c1-7-4-3-5-8-10(7)12(2)6-9(13)11-8/h3-5H,6H2,1-2H3,(H,11,13). The van der Waals surface area contributed by atoms with Gasteiger partial charge in [0.15, 0.2) is 0 Å². The van der Waals surface area contributed by atoms with E-state index >= 15 is 0 Å². The SMILES string of the molecule is Cc1cccc2c1N(C)CC(=O)N2. The number of carbonyl (C=O) groups excluding carboxylic acids is 1. The smallest absolute Gasteiger partial charge is 0.243 e. The van der Waals surface area contributed by atoms with Crippen LogP contribution in [0.2, 0.25) is 0 Å². The quantitative estimate of drug-likeness (QED) is 0.647. The maximum atomic E-state index is 11.2. The predicted octanol–water partition coefficient (Wildman–Crippen LogP) is 1.38. The highest BCUT2D eigenvalue weighted by Gasteiger charge is 2.19. The molecular weight excluding hydrogens is 164 g/mol. The predicted molar refractivity (Wildman–Crippen MR) is 53.1 cm³/mol. The Bertz CT molecular complexity index is 360. The molecule has 1 aliphatic heterocycles. The van der Waals surface area contributed by atoms with E-state index in [2.05, 4.69) is 5.32 Å². The maximum Gasteiger partial charge on any atom is 0.243 e. The lowest BCUT2D eigenvalue weighted by Gasteiger charge is -2.28. The Labute approximate surface area is 77.4 Å². The number of benzene rings is 1. The molecule has 0 atom stereocenters. The third-order valence-corrected chi connectivity index (χ3v) is 2.27. The minimum absolute atomic E-state index is 0.0561. The van der Waals surface area contributed by atoms with Crippen molar-refractivity contribution in [3.63, 3.8) is 0 Å². The van der Waals surface area contributed by atoms with E-state index < -0.39 is 0 Å². The molecule has 0 radical (unpaired) electrons. The Balaban J connectivity index is 2.55. The van der Waals surface area contributed by atoms with Gasteiger partial charge in [-0.25, -0.2) is 0 Å². The summed E-state index contributed by atoms with van der Waals surface area (Å²) in [7, 11) is 1.94. The number of anilines is 2. The van der Waals surface area contributed by atoms with E-state index in [-0.39, 0.29) is 5.91 Å². The number of nitrogens with one attached hydrogen (secondary N) is 1. The van der Waals surface area contributed by atoms with Gasteiger partial charge in [0.2, 0.25) is 5.91 Å². The van der Waals surface area contributed by atoms with Crippen LogP contribution >= 0.6 is 0 Å². The second-order valence-electron chi connectivity index (χ2n) is 3.38. The molecule has 1 heterocycles. The van der Waals surface area contributed by atoms with Crippen molar-refractivity contribution in [1.29, 1.82) is 0 Å². The van der Waals surface area contributed by atoms with Crippen molar-refractivity contribution in [2.45, 2.75) is 6.92 Å². The van der Waals surface area contributed by atoms with Crippen molar-refractivity contribution in [3.05, 3.63) is 23.8 Å². The first-order chi connectivity index (χ1) is 6.18. The number of fused-ring (bicyclic) bond motifs is 1. The van der Waals surface area contributed by atoms with Crippen LogP contribution in [-0.4, -0.2) is 19.5 Å². The number of hydrogen-bond acceptors (Lipinski definition) is 2. The molecule has 0 spiro atoms. The summed E-state index contributed by atoms with van der Waals surface area (Å²) < 4.78 is 0.